The van der Waals surface area contributed by atoms with E-state index in [2.05, 4.69) is 54.2 Å². The van der Waals surface area contributed by atoms with E-state index in [0.29, 0.717) is 17.0 Å². The van der Waals surface area contributed by atoms with Gasteiger partial charge in [-0.25, -0.2) is 0 Å². The summed E-state index contributed by atoms with van der Waals surface area (Å²) < 4.78 is 0. The molecule has 1 aromatic rings. The molecule has 0 amide bonds. The number of rotatable bonds is 3. The Labute approximate surface area is 175 Å². The van der Waals surface area contributed by atoms with E-state index in [9.17, 15) is 0 Å². The molecule has 1 atom stereocenters. The lowest BCUT2D eigenvalue weighted by Gasteiger charge is -2.33. The van der Waals surface area contributed by atoms with Crippen LogP contribution in [0.25, 0.3) is 0 Å². The van der Waals surface area contributed by atoms with Crippen LogP contribution >= 0.6 is 12.2 Å². The molecule has 0 saturated carbocycles. The number of nitrogens with one attached hydrogen (secondary N) is 2. The monoisotopic (exact) mass is 404 g/mol. The second kappa shape index (κ2) is 9.25. The summed E-state index contributed by atoms with van der Waals surface area (Å²) in [7, 11) is 0. The summed E-state index contributed by atoms with van der Waals surface area (Å²) in [6.45, 7) is 12.9. The number of aromatic nitrogens is 2. The van der Waals surface area contributed by atoms with Crippen LogP contribution in [0.1, 0.15) is 66.2 Å². The minimum Gasteiger partial charge on any atom is -0.358 e. The van der Waals surface area contributed by atoms with Gasteiger partial charge < -0.3 is 20.4 Å². The Morgan fingerprint density at radius 3 is 2.21 bits per heavy atom. The van der Waals surface area contributed by atoms with Gasteiger partial charge in [-0.05, 0) is 64.6 Å². The van der Waals surface area contributed by atoms with Crippen LogP contribution < -0.4 is 20.4 Å². The van der Waals surface area contributed by atoms with Crippen LogP contribution in [0.4, 0.5) is 17.6 Å². The van der Waals surface area contributed by atoms with Gasteiger partial charge in [0.25, 0.3) is 0 Å². The second-order valence-electron chi connectivity index (χ2n) is 9.33. The Kier molecular flexibility index (Phi) is 6.96. The van der Waals surface area contributed by atoms with E-state index >= 15 is 0 Å². The van der Waals surface area contributed by atoms with Crippen molar-refractivity contribution in [1.29, 1.82) is 0 Å². The molecule has 0 spiro atoms. The zero-order valence-electron chi connectivity index (χ0n) is 17.9. The first-order valence-corrected chi connectivity index (χ1v) is 11.2. The smallest absolute Gasteiger partial charge is 0.232 e. The first kappa shape index (κ1) is 21.1. The third kappa shape index (κ3) is 6.19. The van der Waals surface area contributed by atoms with Gasteiger partial charge in [0.2, 0.25) is 5.95 Å². The van der Waals surface area contributed by atoms with Crippen molar-refractivity contribution in [2.75, 3.05) is 41.3 Å². The molecule has 2 aliphatic rings. The van der Waals surface area contributed by atoms with Gasteiger partial charge in [-0.15, -0.1) is 0 Å². The fourth-order valence-electron chi connectivity index (χ4n) is 3.97. The molecule has 156 valence electrons. The molecule has 0 bridgehead atoms. The maximum absolute atomic E-state index is 5.49. The molecular formula is C21H36N6S. The molecule has 3 rings (SSSR count). The summed E-state index contributed by atoms with van der Waals surface area (Å²) in [5.74, 6) is 3.33. The topological polar surface area (TPSA) is 56.3 Å². The zero-order valence-corrected chi connectivity index (χ0v) is 18.7. The van der Waals surface area contributed by atoms with Crippen molar-refractivity contribution in [1.82, 2.24) is 15.3 Å². The van der Waals surface area contributed by atoms with E-state index in [0.717, 1.165) is 37.8 Å². The second-order valence-corrected chi connectivity index (χ2v) is 9.74. The van der Waals surface area contributed by atoms with Crippen LogP contribution in [0.2, 0.25) is 0 Å². The Morgan fingerprint density at radius 1 is 1.00 bits per heavy atom. The van der Waals surface area contributed by atoms with Gasteiger partial charge in [0.15, 0.2) is 5.11 Å². The number of piperidine rings is 1. The maximum Gasteiger partial charge on any atom is 0.232 e. The van der Waals surface area contributed by atoms with Gasteiger partial charge >= 0.3 is 0 Å². The molecule has 0 unspecified atom stereocenters. The van der Waals surface area contributed by atoms with Crippen molar-refractivity contribution in [2.24, 2.45) is 5.92 Å². The molecule has 1 aromatic heterocycles. The van der Waals surface area contributed by atoms with E-state index in [-0.39, 0.29) is 5.54 Å². The average molecular weight is 405 g/mol. The fraction of sp³-hybridized carbons (Fsp3) is 0.762. The first-order chi connectivity index (χ1) is 13.3. The van der Waals surface area contributed by atoms with Gasteiger partial charge in [-0.2, -0.15) is 9.97 Å². The first-order valence-electron chi connectivity index (χ1n) is 10.8. The lowest BCUT2D eigenvalue weighted by Crippen LogP contribution is -2.43. The van der Waals surface area contributed by atoms with Crippen molar-refractivity contribution < 1.29 is 0 Å². The van der Waals surface area contributed by atoms with Gasteiger partial charge in [-0.1, -0.05) is 19.8 Å². The molecular weight excluding hydrogens is 368 g/mol. The summed E-state index contributed by atoms with van der Waals surface area (Å²) in [4.78, 5) is 14.5. The number of hydrogen-bond donors (Lipinski definition) is 2. The predicted molar refractivity (Wildman–Crippen MR) is 122 cm³/mol. The minimum absolute atomic E-state index is 0.0996. The van der Waals surface area contributed by atoms with Crippen molar-refractivity contribution in [3.8, 4) is 0 Å². The third-order valence-corrected chi connectivity index (χ3v) is 5.53. The fourth-order valence-corrected chi connectivity index (χ4v) is 4.37. The van der Waals surface area contributed by atoms with E-state index in [1.165, 1.54) is 38.5 Å². The Balaban J connectivity index is 1.85. The van der Waals surface area contributed by atoms with Gasteiger partial charge in [-0.3, -0.25) is 0 Å². The Hall–Kier alpha value is -1.63. The van der Waals surface area contributed by atoms with Crippen molar-refractivity contribution >= 4 is 34.9 Å². The largest absolute Gasteiger partial charge is 0.358 e. The summed E-state index contributed by atoms with van der Waals surface area (Å²) >= 11 is 5.49. The molecule has 3 heterocycles. The molecule has 0 aliphatic carbocycles. The highest BCUT2D eigenvalue weighted by molar-refractivity contribution is 7.80. The highest BCUT2D eigenvalue weighted by atomic mass is 32.1. The Bertz CT molecular complexity index is 643. The lowest BCUT2D eigenvalue weighted by molar-refractivity contribution is 0.444. The predicted octanol–water partition coefficient (Wildman–Crippen LogP) is 4.18. The van der Waals surface area contributed by atoms with Crippen LogP contribution in [-0.2, 0) is 0 Å². The molecule has 2 saturated heterocycles. The molecule has 2 fully saturated rings. The number of nitrogens with zero attached hydrogens (tertiary/aromatic N) is 4. The van der Waals surface area contributed by atoms with Crippen molar-refractivity contribution in [3.05, 3.63) is 6.07 Å². The average Bonchev–Trinajstić information content (AvgIpc) is 2.89. The van der Waals surface area contributed by atoms with E-state index < -0.39 is 0 Å². The highest BCUT2D eigenvalue weighted by Crippen LogP contribution is 2.27. The number of hydrogen-bond acceptors (Lipinski definition) is 5. The molecule has 0 aromatic carbocycles. The molecule has 2 N–H and O–H groups in total. The van der Waals surface area contributed by atoms with Crippen LogP contribution in [0, 0.1) is 5.92 Å². The van der Waals surface area contributed by atoms with Crippen LogP contribution in [0.15, 0.2) is 6.07 Å². The minimum atomic E-state index is -0.0996. The molecule has 6 nitrogen and oxygen atoms in total. The summed E-state index contributed by atoms with van der Waals surface area (Å²) in [6.07, 6.45) is 7.59. The van der Waals surface area contributed by atoms with Gasteiger partial charge in [0.1, 0.15) is 11.6 Å². The van der Waals surface area contributed by atoms with Crippen LogP contribution in [0.3, 0.4) is 0 Å². The Morgan fingerprint density at radius 2 is 1.61 bits per heavy atom. The summed E-state index contributed by atoms with van der Waals surface area (Å²) in [5, 5.41) is 7.09. The van der Waals surface area contributed by atoms with E-state index in [1.54, 1.807) is 0 Å². The number of anilines is 3. The van der Waals surface area contributed by atoms with E-state index in [4.69, 9.17) is 22.2 Å². The van der Waals surface area contributed by atoms with Gasteiger partial charge in [0, 0.05) is 37.8 Å². The SMILES string of the molecule is C[C@H]1CCCN(c2cc(N3CCCCCC3)nc(NC(=S)NC(C)(C)C)n2)C1. The lowest BCUT2D eigenvalue weighted by atomic mass is 10.0. The van der Waals surface area contributed by atoms with Crippen molar-refractivity contribution in [2.45, 2.75) is 71.8 Å². The summed E-state index contributed by atoms with van der Waals surface area (Å²) in [6, 6.07) is 2.18. The zero-order chi connectivity index (χ0) is 20.1. The molecule has 7 heteroatoms. The maximum atomic E-state index is 5.49. The van der Waals surface area contributed by atoms with Crippen LogP contribution in [0.5, 0.6) is 0 Å². The molecule has 2 aliphatic heterocycles. The van der Waals surface area contributed by atoms with Crippen LogP contribution in [-0.4, -0.2) is 46.8 Å². The third-order valence-electron chi connectivity index (χ3n) is 5.32. The normalized spacial score (nSPS) is 21.2. The quantitative estimate of drug-likeness (QED) is 0.733. The highest BCUT2D eigenvalue weighted by Gasteiger charge is 2.21. The molecule has 0 radical (unpaired) electrons. The molecule has 28 heavy (non-hydrogen) atoms. The van der Waals surface area contributed by atoms with Crippen molar-refractivity contribution in [3.63, 3.8) is 0 Å². The standard InChI is InChI=1S/C21H36N6S/c1-16-10-9-13-27(15-16)18-14-17(26-11-7-5-6-8-12-26)22-19(23-18)24-20(28)25-21(2,3)4/h14,16H,5-13,15H2,1-4H3,(H2,22,23,24,25,28)/t16-/m0/s1. The summed E-state index contributed by atoms with van der Waals surface area (Å²) in [5.41, 5.74) is -0.0996. The van der Waals surface area contributed by atoms with Gasteiger partial charge in [0.05, 0.1) is 0 Å². The van der Waals surface area contributed by atoms with E-state index in [1.807, 2.05) is 0 Å². The number of thiocarbonyl (C=S) groups is 1.